The third-order valence-electron chi connectivity index (χ3n) is 3.69. The van der Waals surface area contributed by atoms with Crippen molar-refractivity contribution in [1.29, 1.82) is 0 Å². The Balaban J connectivity index is 1.55. The van der Waals surface area contributed by atoms with Crippen LogP contribution >= 0.6 is 0 Å². The summed E-state index contributed by atoms with van der Waals surface area (Å²) >= 11 is 0. The molecule has 24 heavy (non-hydrogen) atoms. The number of nitrogens with one attached hydrogen (secondary N) is 1. The number of carbonyl (C=O) groups is 1. The van der Waals surface area contributed by atoms with E-state index >= 15 is 0 Å². The molecule has 0 saturated carbocycles. The van der Waals surface area contributed by atoms with Crippen LogP contribution in [0.1, 0.15) is 5.56 Å². The molecule has 0 aliphatic carbocycles. The summed E-state index contributed by atoms with van der Waals surface area (Å²) in [6, 6.07) is 9.79. The molecular formula is C17H14N6O. The predicted octanol–water partition coefficient (Wildman–Crippen LogP) is 2.27. The predicted molar refractivity (Wildman–Crippen MR) is 91.4 cm³/mol. The number of benzene rings is 1. The number of anilines is 1. The minimum atomic E-state index is -0.293. The highest BCUT2D eigenvalue weighted by Gasteiger charge is 2.07. The molecule has 1 aromatic carbocycles. The zero-order chi connectivity index (χ0) is 16.5. The van der Waals surface area contributed by atoms with Crippen LogP contribution in [-0.4, -0.2) is 30.1 Å². The Hall–Kier alpha value is -3.48. The normalized spacial score (nSPS) is 11.5. The maximum Gasteiger partial charge on any atom is 0.253 e. The fourth-order valence-electron chi connectivity index (χ4n) is 2.61. The van der Waals surface area contributed by atoms with Crippen molar-refractivity contribution in [1.82, 2.24) is 24.1 Å². The van der Waals surface area contributed by atoms with E-state index in [0.29, 0.717) is 5.78 Å². The molecule has 0 spiro atoms. The number of rotatable bonds is 3. The number of fused-ring (bicyclic) bond motifs is 2. The van der Waals surface area contributed by atoms with Gasteiger partial charge in [-0.3, -0.25) is 10.1 Å². The molecule has 4 aromatic rings. The van der Waals surface area contributed by atoms with Gasteiger partial charge in [-0.1, -0.05) is 18.2 Å². The number of aromatic nitrogens is 5. The molecule has 0 aliphatic heterocycles. The maximum atomic E-state index is 12.1. The minimum absolute atomic E-state index is 0.223. The number of aryl methyl sites for hydroxylation is 1. The molecule has 3 aromatic heterocycles. The molecule has 7 nitrogen and oxygen atoms in total. The number of carbonyl (C=O) groups excluding carboxylic acids is 1. The first kappa shape index (κ1) is 14.1. The lowest BCUT2D eigenvalue weighted by molar-refractivity contribution is -0.111. The Morgan fingerprint density at radius 2 is 2.12 bits per heavy atom. The standard InChI is InChI=1S/C17H14N6O/c1-22-11-12(13-5-2-3-6-14(13)22)7-8-15(24)19-16-20-17-18-9-4-10-23(17)21-16/h2-11H,1H3,(H,19,21,24). The van der Waals surface area contributed by atoms with Gasteiger partial charge in [0, 0.05) is 48.2 Å². The Morgan fingerprint density at radius 1 is 1.25 bits per heavy atom. The molecule has 0 bridgehead atoms. The van der Waals surface area contributed by atoms with Crippen LogP contribution < -0.4 is 5.32 Å². The highest BCUT2D eigenvalue weighted by atomic mass is 16.1. The third kappa shape index (κ3) is 2.52. The lowest BCUT2D eigenvalue weighted by atomic mass is 10.1. The van der Waals surface area contributed by atoms with Crippen LogP contribution in [0.3, 0.4) is 0 Å². The summed E-state index contributed by atoms with van der Waals surface area (Å²) in [4.78, 5) is 20.3. The average molecular weight is 318 g/mol. The number of hydrogen-bond donors (Lipinski definition) is 1. The topological polar surface area (TPSA) is 77.1 Å². The molecule has 3 heterocycles. The van der Waals surface area contributed by atoms with Gasteiger partial charge in [0.05, 0.1) is 0 Å². The number of amides is 1. The van der Waals surface area contributed by atoms with Gasteiger partial charge in [-0.25, -0.2) is 9.50 Å². The fraction of sp³-hybridized carbons (Fsp3) is 0.0588. The second-order valence-electron chi connectivity index (χ2n) is 5.33. The van der Waals surface area contributed by atoms with E-state index in [0.717, 1.165) is 16.5 Å². The van der Waals surface area contributed by atoms with E-state index in [-0.39, 0.29) is 11.9 Å². The molecule has 118 valence electrons. The van der Waals surface area contributed by atoms with Crippen LogP contribution in [0, 0.1) is 0 Å². The van der Waals surface area contributed by atoms with Crippen molar-refractivity contribution in [3.8, 4) is 0 Å². The fourth-order valence-corrected chi connectivity index (χ4v) is 2.61. The molecular weight excluding hydrogens is 304 g/mol. The van der Waals surface area contributed by atoms with Gasteiger partial charge in [0.25, 0.3) is 17.6 Å². The third-order valence-corrected chi connectivity index (χ3v) is 3.69. The minimum Gasteiger partial charge on any atom is -0.350 e. The smallest absolute Gasteiger partial charge is 0.253 e. The van der Waals surface area contributed by atoms with E-state index in [1.165, 1.54) is 10.6 Å². The van der Waals surface area contributed by atoms with E-state index in [9.17, 15) is 4.79 Å². The maximum absolute atomic E-state index is 12.1. The SMILES string of the molecule is Cn1cc(C=CC(=O)Nc2nc3ncccn3n2)c2ccccc21. The van der Waals surface area contributed by atoms with Crippen LogP contribution in [0.4, 0.5) is 5.95 Å². The molecule has 7 heteroatoms. The second kappa shape index (κ2) is 5.62. The van der Waals surface area contributed by atoms with Crippen molar-refractivity contribution in [2.75, 3.05) is 5.32 Å². The summed E-state index contributed by atoms with van der Waals surface area (Å²) in [5, 5.41) is 7.87. The number of nitrogens with zero attached hydrogens (tertiary/aromatic N) is 5. The van der Waals surface area contributed by atoms with Gasteiger partial charge in [-0.2, -0.15) is 4.98 Å². The molecule has 0 radical (unpaired) electrons. The zero-order valence-corrected chi connectivity index (χ0v) is 12.9. The molecule has 0 fully saturated rings. The van der Waals surface area contributed by atoms with E-state index in [4.69, 9.17) is 0 Å². The van der Waals surface area contributed by atoms with Crippen LogP contribution in [0.15, 0.2) is 55.0 Å². The molecule has 4 rings (SSSR count). The van der Waals surface area contributed by atoms with E-state index in [1.54, 1.807) is 24.5 Å². The summed E-state index contributed by atoms with van der Waals surface area (Å²) in [5.41, 5.74) is 2.10. The lowest BCUT2D eigenvalue weighted by Gasteiger charge is -1.94. The van der Waals surface area contributed by atoms with Crippen LogP contribution in [0.5, 0.6) is 0 Å². The van der Waals surface area contributed by atoms with Crippen molar-refractivity contribution in [2.45, 2.75) is 0 Å². The van der Waals surface area contributed by atoms with Crippen LogP contribution in [-0.2, 0) is 11.8 Å². The summed E-state index contributed by atoms with van der Waals surface area (Å²) in [6.45, 7) is 0. The van der Waals surface area contributed by atoms with Crippen LogP contribution in [0.2, 0.25) is 0 Å². The van der Waals surface area contributed by atoms with Crippen molar-refractivity contribution in [3.63, 3.8) is 0 Å². The largest absolute Gasteiger partial charge is 0.350 e. The Bertz CT molecular complexity index is 1040. The van der Waals surface area contributed by atoms with Crippen LogP contribution in [0.25, 0.3) is 22.8 Å². The van der Waals surface area contributed by atoms with Crippen molar-refractivity contribution < 1.29 is 4.79 Å². The summed E-state index contributed by atoms with van der Waals surface area (Å²) in [6.07, 6.45) is 8.58. The lowest BCUT2D eigenvalue weighted by Crippen LogP contribution is -2.09. The molecule has 0 saturated heterocycles. The second-order valence-corrected chi connectivity index (χ2v) is 5.33. The Kier molecular flexibility index (Phi) is 3.31. The van der Waals surface area contributed by atoms with E-state index in [2.05, 4.69) is 20.4 Å². The summed E-state index contributed by atoms with van der Waals surface area (Å²) in [7, 11) is 1.98. The van der Waals surface area contributed by atoms with E-state index in [1.807, 2.05) is 42.1 Å². The molecule has 0 unspecified atom stereocenters. The number of para-hydroxylation sites is 1. The van der Waals surface area contributed by atoms with E-state index < -0.39 is 0 Å². The first-order chi connectivity index (χ1) is 11.7. The van der Waals surface area contributed by atoms with Gasteiger partial charge < -0.3 is 4.57 Å². The average Bonchev–Trinajstić information content (AvgIpc) is 3.14. The van der Waals surface area contributed by atoms with Gasteiger partial charge >= 0.3 is 0 Å². The monoisotopic (exact) mass is 318 g/mol. The highest BCUT2D eigenvalue weighted by molar-refractivity contribution is 6.02. The quantitative estimate of drug-likeness (QED) is 0.588. The van der Waals surface area contributed by atoms with Crippen molar-refractivity contribution in [3.05, 3.63) is 60.6 Å². The van der Waals surface area contributed by atoms with Crippen molar-refractivity contribution in [2.24, 2.45) is 7.05 Å². The first-order valence-electron chi connectivity index (χ1n) is 7.41. The van der Waals surface area contributed by atoms with Crippen molar-refractivity contribution >= 4 is 34.6 Å². The molecule has 0 aliphatic rings. The molecule has 1 N–H and O–H groups in total. The summed E-state index contributed by atoms with van der Waals surface area (Å²) in [5.74, 6) is 0.367. The molecule has 0 atom stereocenters. The Morgan fingerprint density at radius 3 is 3.00 bits per heavy atom. The van der Waals surface area contributed by atoms with Gasteiger partial charge in [0.1, 0.15) is 0 Å². The van der Waals surface area contributed by atoms with Gasteiger partial charge in [0.15, 0.2) is 0 Å². The Labute approximate surface area is 137 Å². The first-order valence-corrected chi connectivity index (χ1v) is 7.41. The van der Waals surface area contributed by atoms with Gasteiger partial charge in [-0.05, 0) is 18.2 Å². The highest BCUT2D eigenvalue weighted by Crippen LogP contribution is 2.21. The summed E-state index contributed by atoms with van der Waals surface area (Å²) < 4.78 is 3.53. The van der Waals surface area contributed by atoms with Gasteiger partial charge in [0.2, 0.25) is 0 Å². The van der Waals surface area contributed by atoms with Gasteiger partial charge in [-0.15, -0.1) is 5.10 Å². The zero-order valence-electron chi connectivity index (χ0n) is 12.9. The molecule has 1 amide bonds. The number of hydrogen-bond acceptors (Lipinski definition) is 4.